The predicted octanol–water partition coefficient (Wildman–Crippen LogP) is 30.3. The Bertz CT molecular complexity index is 7100. The van der Waals surface area contributed by atoms with Gasteiger partial charge in [0, 0.05) is 95.5 Å². The van der Waals surface area contributed by atoms with Crippen LogP contribution in [-0.4, -0.2) is 0 Å². The van der Waals surface area contributed by atoms with E-state index in [0.717, 1.165) is 67.0 Å². The Morgan fingerprint density at radius 2 is 0.619 bits per heavy atom. The van der Waals surface area contributed by atoms with Crippen LogP contribution < -0.4 is 19.7 Å². The summed E-state index contributed by atoms with van der Waals surface area (Å²) in [5.41, 5.74) is 24.5. The van der Waals surface area contributed by atoms with Crippen molar-refractivity contribution in [3.05, 3.63) is 449 Å². The van der Waals surface area contributed by atoms with E-state index in [1.54, 1.807) is 0 Å². The molecule has 4 nitrogen and oxygen atoms in total. The van der Waals surface area contributed by atoms with Crippen molar-refractivity contribution < 1.29 is 9.47 Å². The summed E-state index contributed by atoms with van der Waals surface area (Å²) >= 11 is 7.46. The van der Waals surface area contributed by atoms with Crippen molar-refractivity contribution in [2.24, 2.45) is 0 Å². The predicted molar refractivity (Wildman–Crippen MR) is 478 cm³/mol. The zero-order chi connectivity index (χ0) is 74.7. The number of para-hydroxylation sites is 4. The largest absolute Gasteiger partial charge is 0.457 e. The highest BCUT2D eigenvalue weighted by Crippen LogP contribution is 2.66. The second kappa shape index (κ2) is 27.0. The van der Waals surface area contributed by atoms with E-state index in [4.69, 9.17) is 9.47 Å². The third kappa shape index (κ3) is 10.7. The molecule has 113 heavy (non-hydrogen) atoms. The minimum atomic E-state index is -0.591. The number of ether oxygens (including phenoxy) is 2. The van der Waals surface area contributed by atoms with Gasteiger partial charge >= 0.3 is 0 Å². The highest BCUT2D eigenvalue weighted by molar-refractivity contribution is 9.10. The number of hydrogen-bond acceptors (Lipinski definition) is 6. The third-order valence-electron chi connectivity index (χ3n) is 23.4. The van der Waals surface area contributed by atoms with Crippen LogP contribution in [0.3, 0.4) is 0 Å². The van der Waals surface area contributed by atoms with Crippen molar-refractivity contribution in [1.82, 2.24) is 0 Å². The van der Waals surface area contributed by atoms with E-state index >= 15 is 0 Å². The second-order valence-electron chi connectivity index (χ2n) is 29.4. The van der Waals surface area contributed by atoms with Gasteiger partial charge in [0.15, 0.2) is 0 Å². The molecule has 532 valence electrons. The average molecular weight is 1540 g/mol. The van der Waals surface area contributed by atoms with Crippen molar-refractivity contribution in [3.63, 3.8) is 0 Å². The van der Waals surface area contributed by atoms with Gasteiger partial charge in [-0.05, 0) is 210 Å². The Morgan fingerprint density at radius 1 is 0.248 bits per heavy atom. The van der Waals surface area contributed by atoms with E-state index in [0.29, 0.717) is 0 Å². The molecule has 7 heteroatoms. The fourth-order valence-electron chi connectivity index (χ4n) is 18.5. The van der Waals surface area contributed by atoms with E-state index < -0.39 is 10.8 Å². The van der Waals surface area contributed by atoms with Gasteiger partial charge in [-0.25, -0.2) is 0 Å². The molecule has 0 saturated heterocycles. The van der Waals surface area contributed by atoms with Crippen LogP contribution in [0.15, 0.2) is 405 Å². The molecule has 2 aromatic heterocycles. The minimum Gasteiger partial charge on any atom is -0.457 e. The standard InChI is InChI=1S/C53H33NOS.C29H17BrO.C24H17NS/c1-2-12-34(13-3-1)35-22-25-37(26-23-35)54(38-28-31-51-43(32-38)41-16-6-11-21-50(41)56-51)39-27-29-42-47(33-39)53(46-30-24-36-14-4-5-15-40(36)52(42)46)44-17-7-9-19-48(44)55-49-20-10-8-18-45(49)53;30-19-14-15-21-25(17-19)29(24-16-13-18-7-1-2-8-20(18)28(21)24)22-9-3-5-11-26(22)31-27-12-6-4-10-23(27)29;1-2-6-17(7-3-1)18-10-12-19(13-11-18)25-20-14-15-24-22(16-20)21-8-4-5-9-23(21)26-24/h1-33H;1-17H;1-16,25H. The molecule has 4 heterocycles. The molecule has 0 saturated carbocycles. The van der Waals surface area contributed by atoms with Gasteiger partial charge in [0.2, 0.25) is 0 Å². The summed E-state index contributed by atoms with van der Waals surface area (Å²) in [5, 5.41) is 13.8. The zero-order valence-electron chi connectivity index (χ0n) is 61.1. The summed E-state index contributed by atoms with van der Waals surface area (Å²) in [6.07, 6.45) is 0. The van der Waals surface area contributed by atoms with Crippen LogP contribution in [0, 0.1) is 0 Å². The van der Waals surface area contributed by atoms with Gasteiger partial charge in [-0.15, -0.1) is 22.7 Å². The average Bonchev–Trinajstić information content (AvgIpc) is 1.54. The first-order valence-electron chi connectivity index (χ1n) is 38.3. The molecule has 0 amide bonds. The lowest BCUT2D eigenvalue weighted by molar-refractivity contribution is 0.436. The summed E-state index contributed by atoms with van der Waals surface area (Å²) in [4.78, 5) is 2.44. The van der Waals surface area contributed by atoms with E-state index in [1.807, 2.05) is 28.7 Å². The fraction of sp³-hybridized carbons (Fsp3) is 0.0189. The summed E-state index contributed by atoms with van der Waals surface area (Å²) < 4.78 is 19.5. The minimum absolute atomic E-state index is 0.413. The smallest absolute Gasteiger partial charge is 0.132 e. The lowest BCUT2D eigenvalue weighted by atomic mass is 9.66. The number of benzene rings is 18. The zero-order valence-corrected chi connectivity index (χ0v) is 64.3. The first-order valence-corrected chi connectivity index (χ1v) is 40.8. The van der Waals surface area contributed by atoms with E-state index in [-0.39, 0.29) is 0 Å². The Hall–Kier alpha value is -13.4. The molecular formula is C106H67BrN2O2S2. The number of anilines is 5. The third-order valence-corrected chi connectivity index (χ3v) is 26.2. The quantitative estimate of drug-likeness (QED) is 0.172. The molecule has 0 atom stereocenters. The summed E-state index contributed by atoms with van der Waals surface area (Å²) in [6.45, 7) is 0. The molecule has 2 aliphatic heterocycles. The van der Waals surface area contributed by atoms with Gasteiger partial charge in [0.1, 0.15) is 23.0 Å². The number of nitrogens with one attached hydrogen (secondary N) is 1. The Kier molecular flexibility index (Phi) is 15.9. The van der Waals surface area contributed by atoms with Crippen molar-refractivity contribution in [2.75, 3.05) is 10.2 Å². The van der Waals surface area contributed by atoms with Crippen molar-refractivity contribution >= 4 is 129 Å². The highest BCUT2D eigenvalue weighted by atomic mass is 79.9. The second-order valence-corrected chi connectivity index (χ2v) is 32.5. The van der Waals surface area contributed by atoms with Crippen LogP contribution in [0.4, 0.5) is 28.4 Å². The van der Waals surface area contributed by atoms with Crippen molar-refractivity contribution in [3.8, 4) is 67.5 Å². The lowest BCUT2D eigenvalue weighted by Gasteiger charge is -2.39. The van der Waals surface area contributed by atoms with Crippen LogP contribution >= 0.6 is 38.6 Å². The van der Waals surface area contributed by atoms with Gasteiger partial charge in [0.25, 0.3) is 0 Å². The topological polar surface area (TPSA) is 33.7 Å². The summed E-state index contributed by atoms with van der Waals surface area (Å²) in [7, 11) is 0. The van der Waals surface area contributed by atoms with Crippen molar-refractivity contribution in [2.45, 2.75) is 10.8 Å². The maximum Gasteiger partial charge on any atom is 0.132 e. The highest BCUT2D eigenvalue weighted by Gasteiger charge is 2.53. The van der Waals surface area contributed by atoms with E-state index in [2.05, 4.69) is 420 Å². The van der Waals surface area contributed by atoms with Crippen LogP contribution in [-0.2, 0) is 10.8 Å². The lowest BCUT2D eigenvalue weighted by Crippen LogP contribution is -2.32. The molecule has 20 aromatic rings. The normalized spacial score (nSPS) is 13.1. The van der Waals surface area contributed by atoms with E-state index in [1.165, 1.54) is 140 Å². The Labute approximate surface area is 671 Å². The first-order chi connectivity index (χ1) is 55.9. The summed E-state index contributed by atoms with van der Waals surface area (Å²) in [6, 6.07) is 144. The Balaban J connectivity index is 0.000000115. The number of hydrogen-bond donors (Lipinski definition) is 1. The number of fused-ring (bicyclic) bond motifs is 28. The molecule has 0 bridgehead atoms. The number of halogens is 1. The first kappa shape index (κ1) is 66.6. The monoisotopic (exact) mass is 1540 g/mol. The van der Waals surface area contributed by atoms with Gasteiger partial charge in [-0.1, -0.05) is 295 Å². The van der Waals surface area contributed by atoms with Gasteiger partial charge in [-0.2, -0.15) is 0 Å². The number of thiophene rings is 2. The van der Waals surface area contributed by atoms with Crippen LogP contribution in [0.1, 0.15) is 44.5 Å². The molecule has 18 aromatic carbocycles. The van der Waals surface area contributed by atoms with Gasteiger partial charge < -0.3 is 19.7 Å². The van der Waals surface area contributed by atoms with Gasteiger partial charge in [0.05, 0.1) is 10.8 Å². The SMILES string of the molecule is Brc1ccc2c(c1)C1(c3ccccc3Oc3ccccc31)c1ccc3ccccc3c1-2.c1ccc(-c2ccc(N(c3ccc4c(c3)C3(c5ccccc5Oc5ccccc53)c3ccc5ccccc5c3-4)c3ccc4sc5ccccc5c4c3)cc2)cc1.c1ccc(-c2ccc(Nc3ccc4sc5ccccc5c4c3)cc2)cc1. The molecule has 2 aliphatic carbocycles. The molecule has 24 rings (SSSR count). The summed E-state index contributed by atoms with van der Waals surface area (Å²) in [5.74, 6) is 3.64. The maximum absolute atomic E-state index is 6.70. The maximum atomic E-state index is 6.70. The van der Waals surface area contributed by atoms with Crippen LogP contribution in [0.25, 0.3) is 106 Å². The van der Waals surface area contributed by atoms with Crippen LogP contribution in [0.5, 0.6) is 23.0 Å². The molecule has 4 aliphatic rings. The number of nitrogens with zero attached hydrogens (tertiary/aromatic N) is 1. The molecule has 2 spiro atoms. The molecule has 0 fully saturated rings. The van der Waals surface area contributed by atoms with E-state index in [9.17, 15) is 0 Å². The van der Waals surface area contributed by atoms with Crippen LogP contribution in [0.2, 0.25) is 0 Å². The number of rotatable bonds is 7. The van der Waals surface area contributed by atoms with Crippen molar-refractivity contribution in [1.29, 1.82) is 0 Å². The molecule has 0 radical (unpaired) electrons. The van der Waals surface area contributed by atoms with Gasteiger partial charge in [-0.3, -0.25) is 0 Å². The molecule has 0 unspecified atom stereocenters. The molecule has 1 N–H and O–H groups in total. The molecular weight excluding hydrogens is 1480 g/mol. The Morgan fingerprint density at radius 3 is 1.14 bits per heavy atom. The fourth-order valence-corrected chi connectivity index (χ4v) is 21.0.